The first kappa shape index (κ1) is 14.5. The number of nitrogens with zero attached hydrogens (tertiary/aromatic N) is 3. The van der Waals surface area contributed by atoms with Crippen LogP contribution in [0, 0.1) is 0 Å². The Hall–Kier alpha value is -2.43. The molecule has 2 aromatic rings. The third-order valence-electron chi connectivity index (χ3n) is 3.99. The molecule has 1 aliphatic rings. The van der Waals surface area contributed by atoms with Crippen LogP contribution in [0.4, 0.5) is 5.95 Å². The average Bonchev–Trinajstić information content (AvgIpc) is 2.54. The number of benzene rings is 1. The van der Waals surface area contributed by atoms with Crippen LogP contribution in [0.15, 0.2) is 30.5 Å². The molecule has 0 aliphatic carbocycles. The number of rotatable bonds is 4. The molecule has 1 aliphatic heterocycles. The van der Waals surface area contributed by atoms with Crippen LogP contribution in [0.1, 0.15) is 40.5 Å². The predicted molar refractivity (Wildman–Crippen MR) is 84.2 cm³/mol. The number of hydrogen-bond donors (Lipinski definition) is 1. The number of carboxylic acid groups (broad SMARTS) is 1. The van der Waals surface area contributed by atoms with E-state index >= 15 is 0 Å². The van der Waals surface area contributed by atoms with E-state index in [0.717, 1.165) is 25.9 Å². The summed E-state index contributed by atoms with van der Waals surface area (Å²) in [4.78, 5) is 22.2. The molecule has 0 bridgehead atoms. The summed E-state index contributed by atoms with van der Waals surface area (Å²) in [6.45, 7) is 3.65. The largest absolute Gasteiger partial charge is 0.478 e. The zero-order chi connectivity index (χ0) is 15.5. The van der Waals surface area contributed by atoms with Gasteiger partial charge < -0.3 is 10.0 Å². The van der Waals surface area contributed by atoms with Gasteiger partial charge in [0, 0.05) is 19.3 Å². The highest BCUT2D eigenvalue weighted by Crippen LogP contribution is 2.22. The number of carbonyl (C=O) groups is 1. The van der Waals surface area contributed by atoms with E-state index in [1.807, 2.05) is 13.0 Å². The van der Waals surface area contributed by atoms with Gasteiger partial charge in [0.2, 0.25) is 5.95 Å². The van der Waals surface area contributed by atoms with Gasteiger partial charge in [0.1, 0.15) is 0 Å². The van der Waals surface area contributed by atoms with E-state index in [4.69, 9.17) is 0 Å². The summed E-state index contributed by atoms with van der Waals surface area (Å²) in [5.74, 6) is -0.332. The number of aryl methyl sites for hydroxylation is 1. The molecule has 0 saturated carbocycles. The Morgan fingerprint density at radius 3 is 2.82 bits per heavy atom. The van der Waals surface area contributed by atoms with Gasteiger partial charge in [-0.05, 0) is 24.0 Å². The molecule has 22 heavy (non-hydrogen) atoms. The van der Waals surface area contributed by atoms with Crippen LogP contribution in [0.5, 0.6) is 0 Å². The van der Waals surface area contributed by atoms with Crippen molar-refractivity contribution in [2.45, 2.75) is 32.7 Å². The van der Waals surface area contributed by atoms with Gasteiger partial charge in [0.05, 0.1) is 11.3 Å². The van der Waals surface area contributed by atoms with E-state index in [-0.39, 0.29) is 5.56 Å². The van der Waals surface area contributed by atoms with Gasteiger partial charge in [-0.25, -0.2) is 14.8 Å². The molecule has 0 radical (unpaired) electrons. The quantitative estimate of drug-likeness (QED) is 0.940. The van der Waals surface area contributed by atoms with Crippen molar-refractivity contribution in [3.05, 3.63) is 52.8 Å². The van der Waals surface area contributed by atoms with Crippen molar-refractivity contribution in [2.24, 2.45) is 0 Å². The van der Waals surface area contributed by atoms with Crippen LogP contribution in [0.2, 0.25) is 0 Å². The number of hydrogen-bond acceptors (Lipinski definition) is 4. The maximum absolute atomic E-state index is 11.3. The zero-order valence-corrected chi connectivity index (χ0v) is 12.6. The summed E-state index contributed by atoms with van der Waals surface area (Å²) in [7, 11) is 0. The van der Waals surface area contributed by atoms with Gasteiger partial charge in [-0.1, -0.05) is 37.6 Å². The molecule has 5 nitrogen and oxygen atoms in total. The van der Waals surface area contributed by atoms with Crippen LogP contribution in [-0.2, 0) is 19.4 Å². The third kappa shape index (κ3) is 2.79. The monoisotopic (exact) mass is 297 g/mol. The molecular formula is C17H19N3O2. The second-order valence-electron chi connectivity index (χ2n) is 5.53. The van der Waals surface area contributed by atoms with E-state index < -0.39 is 5.97 Å². The summed E-state index contributed by atoms with van der Waals surface area (Å²) in [5.41, 5.74) is 3.49. The van der Waals surface area contributed by atoms with Crippen molar-refractivity contribution in [3.63, 3.8) is 0 Å². The lowest BCUT2D eigenvalue weighted by molar-refractivity contribution is 0.0694. The van der Waals surface area contributed by atoms with Crippen molar-refractivity contribution in [1.82, 2.24) is 9.97 Å². The van der Waals surface area contributed by atoms with E-state index in [1.165, 1.54) is 17.3 Å². The second-order valence-corrected chi connectivity index (χ2v) is 5.53. The maximum Gasteiger partial charge on any atom is 0.339 e. The fourth-order valence-corrected chi connectivity index (χ4v) is 2.83. The molecule has 5 heteroatoms. The van der Waals surface area contributed by atoms with Crippen LogP contribution in [-0.4, -0.2) is 27.6 Å². The van der Waals surface area contributed by atoms with Crippen molar-refractivity contribution in [1.29, 1.82) is 0 Å². The van der Waals surface area contributed by atoms with E-state index in [1.54, 1.807) is 0 Å². The molecule has 0 saturated heterocycles. The normalized spacial score (nSPS) is 13.8. The lowest BCUT2D eigenvalue weighted by Gasteiger charge is -2.29. The fraction of sp³-hybridized carbons (Fsp3) is 0.353. The summed E-state index contributed by atoms with van der Waals surface area (Å²) >= 11 is 0. The Morgan fingerprint density at radius 2 is 2.09 bits per heavy atom. The number of aromatic carboxylic acids is 1. The Balaban J connectivity index is 1.89. The first-order valence-corrected chi connectivity index (χ1v) is 7.60. The Morgan fingerprint density at radius 1 is 1.32 bits per heavy atom. The Bertz CT molecular complexity index is 700. The summed E-state index contributed by atoms with van der Waals surface area (Å²) in [5, 5.41) is 9.23. The smallest absolute Gasteiger partial charge is 0.339 e. The van der Waals surface area contributed by atoms with Gasteiger partial charge >= 0.3 is 5.97 Å². The molecule has 0 fully saturated rings. The lowest BCUT2D eigenvalue weighted by atomic mass is 10.0. The molecule has 2 heterocycles. The topological polar surface area (TPSA) is 66.3 Å². The van der Waals surface area contributed by atoms with Crippen molar-refractivity contribution in [3.8, 4) is 0 Å². The minimum Gasteiger partial charge on any atom is -0.478 e. The number of fused-ring (bicyclic) bond motifs is 1. The van der Waals surface area contributed by atoms with Gasteiger partial charge in [-0.15, -0.1) is 0 Å². The Labute approximate surface area is 129 Å². The molecule has 0 atom stereocenters. The number of anilines is 1. The van der Waals surface area contributed by atoms with Crippen LogP contribution in [0.3, 0.4) is 0 Å². The van der Waals surface area contributed by atoms with Crippen molar-refractivity contribution < 1.29 is 9.90 Å². The first-order valence-electron chi connectivity index (χ1n) is 7.60. The van der Waals surface area contributed by atoms with Crippen molar-refractivity contribution in [2.75, 3.05) is 11.4 Å². The molecule has 1 aromatic carbocycles. The Kier molecular flexibility index (Phi) is 4.04. The highest BCUT2D eigenvalue weighted by Gasteiger charge is 2.20. The van der Waals surface area contributed by atoms with Gasteiger partial charge in [-0.3, -0.25) is 0 Å². The number of carboxylic acids is 1. The lowest BCUT2D eigenvalue weighted by Crippen LogP contribution is -2.32. The van der Waals surface area contributed by atoms with Gasteiger partial charge in [0.25, 0.3) is 0 Å². The zero-order valence-electron chi connectivity index (χ0n) is 12.6. The molecule has 0 amide bonds. The SMILES string of the molecule is CCCc1nc(N2CCc3ccccc3C2)ncc1C(=O)O. The molecule has 114 valence electrons. The first-order chi connectivity index (χ1) is 10.7. The molecule has 1 N–H and O–H groups in total. The minimum absolute atomic E-state index is 0.211. The minimum atomic E-state index is -0.959. The average molecular weight is 297 g/mol. The summed E-state index contributed by atoms with van der Waals surface area (Å²) < 4.78 is 0. The van der Waals surface area contributed by atoms with Gasteiger partial charge in [-0.2, -0.15) is 0 Å². The number of aromatic nitrogens is 2. The fourth-order valence-electron chi connectivity index (χ4n) is 2.83. The molecule has 1 aromatic heterocycles. The highest BCUT2D eigenvalue weighted by molar-refractivity contribution is 5.88. The summed E-state index contributed by atoms with van der Waals surface area (Å²) in [6, 6.07) is 8.38. The summed E-state index contributed by atoms with van der Waals surface area (Å²) in [6.07, 6.45) is 3.92. The van der Waals surface area contributed by atoms with E-state index in [0.29, 0.717) is 18.1 Å². The molecule has 0 spiro atoms. The maximum atomic E-state index is 11.3. The standard InChI is InChI=1S/C17H19N3O2/c1-2-5-15-14(16(21)22)10-18-17(19-15)20-9-8-12-6-3-4-7-13(12)11-20/h3-4,6-7,10H,2,5,8-9,11H2,1H3,(H,21,22). The highest BCUT2D eigenvalue weighted by atomic mass is 16.4. The van der Waals surface area contributed by atoms with E-state index in [2.05, 4.69) is 33.1 Å². The van der Waals surface area contributed by atoms with Crippen molar-refractivity contribution >= 4 is 11.9 Å². The predicted octanol–water partition coefficient (Wildman–Crippen LogP) is 2.69. The van der Waals surface area contributed by atoms with E-state index in [9.17, 15) is 9.90 Å². The van der Waals surface area contributed by atoms with Crippen LogP contribution in [0.25, 0.3) is 0 Å². The molecular weight excluding hydrogens is 278 g/mol. The third-order valence-corrected chi connectivity index (χ3v) is 3.99. The molecule has 3 rings (SSSR count). The van der Waals surface area contributed by atoms with Crippen LogP contribution < -0.4 is 4.90 Å². The van der Waals surface area contributed by atoms with Gasteiger partial charge in [0.15, 0.2) is 0 Å². The second kappa shape index (κ2) is 6.13. The molecule has 0 unspecified atom stereocenters. The van der Waals surface area contributed by atoms with Crippen LogP contribution >= 0.6 is 0 Å².